The summed E-state index contributed by atoms with van der Waals surface area (Å²) in [6.07, 6.45) is 0. The van der Waals surface area contributed by atoms with E-state index in [1.807, 2.05) is 30.3 Å². The molecular weight excluding hydrogens is 366 g/mol. The summed E-state index contributed by atoms with van der Waals surface area (Å²) in [7, 11) is 0. The minimum absolute atomic E-state index is 0.400. The van der Waals surface area contributed by atoms with E-state index in [1.54, 1.807) is 19.1 Å². The predicted octanol–water partition coefficient (Wildman–Crippen LogP) is 3.91. The Morgan fingerprint density at radius 1 is 1.00 bits per heavy atom. The Labute approximate surface area is 151 Å². The van der Waals surface area contributed by atoms with E-state index in [1.165, 1.54) is 11.3 Å². The molecule has 0 atom stereocenters. The van der Waals surface area contributed by atoms with Crippen molar-refractivity contribution < 1.29 is 9.59 Å². The van der Waals surface area contributed by atoms with Crippen LogP contribution >= 0.6 is 34.3 Å². The smallest absolute Gasteiger partial charge is 0.266 e. The third-order valence-corrected chi connectivity index (χ3v) is 5.55. The van der Waals surface area contributed by atoms with Crippen LogP contribution in [-0.4, -0.2) is 16.8 Å². The first kappa shape index (κ1) is 16.6. The van der Waals surface area contributed by atoms with Crippen LogP contribution in [0.5, 0.6) is 0 Å². The van der Waals surface area contributed by atoms with E-state index in [0.29, 0.717) is 19.8 Å². The molecule has 1 aromatic carbocycles. The average Bonchev–Trinajstić information content (AvgIpc) is 3.19. The van der Waals surface area contributed by atoms with Crippen LogP contribution in [0.3, 0.4) is 0 Å². The normalized spacial score (nSPS) is 10.4. The minimum atomic E-state index is -0.411. The van der Waals surface area contributed by atoms with Gasteiger partial charge in [0.05, 0.1) is 14.9 Å². The van der Waals surface area contributed by atoms with Crippen LogP contribution in [0.15, 0.2) is 42.5 Å². The number of carbonyl (C=O) groups is 2. The lowest BCUT2D eigenvalue weighted by molar-refractivity contribution is 0.0850. The Balaban J connectivity index is 1.69. The van der Waals surface area contributed by atoms with Crippen LogP contribution in [-0.2, 0) is 0 Å². The molecule has 5 nitrogen and oxygen atoms in total. The van der Waals surface area contributed by atoms with Crippen molar-refractivity contribution in [2.24, 2.45) is 0 Å². The van der Waals surface area contributed by atoms with Crippen LogP contribution in [0.4, 0.5) is 0 Å². The molecule has 2 aromatic heterocycles. The summed E-state index contributed by atoms with van der Waals surface area (Å²) >= 11 is 8.21. The maximum absolute atomic E-state index is 12.3. The van der Waals surface area contributed by atoms with Crippen molar-refractivity contribution in [3.05, 3.63) is 62.2 Å². The van der Waals surface area contributed by atoms with E-state index >= 15 is 0 Å². The molecule has 0 saturated heterocycles. The molecule has 0 fully saturated rings. The maximum atomic E-state index is 12.3. The van der Waals surface area contributed by atoms with Gasteiger partial charge in [0.2, 0.25) is 0 Å². The van der Waals surface area contributed by atoms with Gasteiger partial charge in [-0.1, -0.05) is 41.9 Å². The molecule has 0 aliphatic carbocycles. The van der Waals surface area contributed by atoms with Crippen LogP contribution in [0, 0.1) is 6.92 Å². The summed E-state index contributed by atoms with van der Waals surface area (Å²) in [6.45, 7) is 1.76. The number of hydrogen-bond donors (Lipinski definition) is 2. The summed E-state index contributed by atoms with van der Waals surface area (Å²) in [5, 5.41) is 0.759. The second-order valence-electron chi connectivity index (χ2n) is 4.81. The van der Waals surface area contributed by atoms with Crippen LogP contribution in [0.25, 0.3) is 10.6 Å². The molecule has 0 aliphatic rings. The molecule has 2 heterocycles. The molecule has 0 spiro atoms. The Hall–Kier alpha value is -2.22. The fourth-order valence-electron chi connectivity index (χ4n) is 1.98. The summed E-state index contributed by atoms with van der Waals surface area (Å²) in [5.74, 6) is -0.811. The van der Waals surface area contributed by atoms with Gasteiger partial charge in [-0.25, -0.2) is 4.98 Å². The average molecular weight is 378 g/mol. The first-order valence-electron chi connectivity index (χ1n) is 6.93. The third-order valence-electron chi connectivity index (χ3n) is 3.11. The van der Waals surface area contributed by atoms with E-state index in [2.05, 4.69) is 15.8 Å². The van der Waals surface area contributed by atoms with Gasteiger partial charge >= 0.3 is 0 Å². The quantitative estimate of drug-likeness (QED) is 0.680. The molecule has 0 aliphatic heterocycles. The molecule has 0 saturated carbocycles. The van der Waals surface area contributed by atoms with Gasteiger partial charge < -0.3 is 0 Å². The first-order valence-corrected chi connectivity index (χ1v) is 8.94. The second-order valence-corrected chi connectivity index (χ2v) is 7.53. The summed E-state index contributed by atoms with van der Waals surface area (Å²) in [4.78, 5) is 29.5. The highest BCUT2D eigenvalue weighted by molar-refractivity contribution is 7.18. The maximum Gasteiger partial charge on any atom is 0.281 e. The van der Waals surface area contributed by atoms with E-state index in [-0.39, 0.29) is 0 Å². The monoisotopic (exact) mass is 377 g/mol. The first-order chi connectivity index (χ1) is 11.5. The number of nitrogens with zero attached hydrogens (tertiary/aromatic N) is 1. The van der Waals surface area contributed by atoms with Crippen molar-refractivity contribution >= 4 is 46.1 Å². The van der Waals surface area contributed by atoms with Crippen LogP contribution in [0.1, 0.15) is 25.0 Å². The van der Waals surface area contributed by atoms with Gasteiger partial charge in [-0.2, -0.15) is 0 Å². The fourth-order valence-corrected chi connectivity index (χ4v) is 3.88. The molecule has 0 unspecified atom stereocenters. The lowest BCUT2D eigenvalue weighted by Gasteiger charge is -2.04. The Morgan fingerprint density at radius 2 is 1.71 bits per heavy atom. The van der Waals surface area contributed by atoms with E-state index in [0.717, 1.165) is 21.9 Å². The molecule has 8 heteroatoms. The largest absolute Gasteiger partial charge is 0.281 e. The Morgan fingerprint density at radius 3 is 2.38 bits per heavy atom. The van der Waals surface area contributed by atoms with Crippen LogP contribution in [0.2, 0.25) is 4.34 Å². The zero-order valence-corrected chi connectivity index (χ0v) is 14.9. The molecule has 0 bridgehead atoms. The highest BCUT2D eigenvalue weighted by Gasteiger charge is 2.17. The highest BCUT2D eigenvalue weighted by atomic mass is 35.5. The Kier molecular flexibility index (Phi) is 4.94. The number of thiazole rings is 1. The van der Waals surface area contributed by atoms with Gasteiger partial charge in [0.15, 0.2) is 0 Å². The molecule has 2 amide bonds. The number of halogens is 1. The van der Waals surface area contributed by atoms with Crippen LogP contribution < -0.4 is 10.9 Å². The number of nitrogens with one attached hydrogen (secondary N) is 2. The zero-order valence-electron chi connectivity index (χ0n) is 12.5. The molecule has 0 radical (unpaired) electrons. The van der Waals surface area contributed by atoms with Gasteiger partial charge in [-0.15, -0.1) is 22.7 Å². The van der Waals surface area contributed by atoms with Gasteiger partial charge in [0.25, 0.3) is 11.8 Å². The molecular formula is C16H12ClN3O2S2. The van der Waals surface area contributed by atoms with Crippen molar-refractivity contribution in [1.82, 2.24) is 15.8 Å². The topological polar surface area (TPSA) is 71.1 Å². The molecule has 3 aromatic rings. The summed E-state index contributed by atoms with van der Waals surface area (Å²) < 4.78 is 0.511. The number of hydrogen-bond acceptors (Lipinski definition) is 5. The van der Waals surface area contributed by atoms with Crippen molar-refractivity contribution in [1.29, 1.82) is 0 Å². The number of thiophene rings is 1. The van der Waals surface area contributed by atoms with Gasteiger partial charge in [0.1, 0.15) is 9.88 Å². The standard InChI is InChI=1S/C16H12ClN3O2S2/c1-9-13(24-16(18-9)10-5-3-2-4-6-10)15(22)20-19-14(21)11-7-8-12(17)23-11/h2-8H,1H3,(H,19,21)(H,20,22). The van der Waals surface area contributed by atoms with Crippen molar-refractivity contribution in [2.45, 2.75) is 6.92 Å². The number of aromatic nitrogens is 1. The lowest BCUT2D eigenvalue weighted by Crippen LogP contribution is -2.41. The van der Waals surface area contributed by atoms with E-state index in [4.69, 9.17) is 11.6 Å². The Bertz CT molecular complexity index is 890. The third kappa shape index (κ3) is 3.64. The van der Waals surface area contributed by atoms with Gasteiger partial charge in [0, 0.05) is 5.56 Å². The van der Waals surface area contributed by atoms with Crippen molar-refractivity contribution in [3.8, 4) is 10.6 Å². The number of carbonyl (C=O) groups excluding carboxylic acids is 2. The zero-order chi connectivity index (χ0) is 17.1. The second kappa shape index (κ2) is 7.12. The minimum Gasteiger partial charge on any atom is -0.266 e. The predicted molar refractivity (Wildman–Crippen MR) is 96.5 cm³/mol. The summed E-state index contributed by atoms with van der Waals surface area (Å²) in [6, 6.07) is 12.8. The highest BCUT2D eigenvalue weighted by Crippen LogP contribution is 2.27. The van der Waals surface area contributed by atoms with Crippen molar-refractivity contribution in [3.63, 3.8) is 0 Å². The molecule has 24 heavy (non-hydrogen) atoms. The molecule has 2 N–H and O–H groups in total. The molecule has 3 rings (SSSR count). The number of benzene rings is 1. The number of rotatable bonds is 3. The van der Waals surface area contributed by atoms with E-state index < -0.39 is 11.8 Å². The van der Waals surface area contributed by atoms with Gasteiger partial charge in [-0.3, -0.25) is 20.4 Å². The van der Waals surface area contributed by atoms with E-state index in [9.17, 15) is 9.59 Å². The number of amides is 2. The molecule has 122 valence electrons. The number of aryl methyl sites for hydroxylation is 1. The fraction of sp³-hybridized carbons (Fsp3) is 0.0625. The lowest BCUT2D eigenvalue weighted by atomic mass is 10.2. The summed E-state index contributed by atoms with van der Waals surface area (Å²) in [5.41, 5.74) is 6.35. The SMILES string of the molecule is Cc1nc(-c2ccccc2)sc1C(=O)NNC(=O)c1ccc(Cl)s1. The van der Waals surface area contributed by atoms with Crippen molar-refractivity contribution in [2.75, 3.05) is 0 Å². The number of hydrazine groups is 1. The van der Waals surface area contributed by atoms with Gasteiger partial charge in [-0.05, 0) is 19.1 Å².